The molecule has 0 bridgehead atoms. The lowest BCUT2D eigenvalue weighted by molar-refractivity contribution is -0.147. The van der Waals surface area contributed by atoms with Crippen molar-refractivity contribution < 1.29 is 13.2 Å². The van der Waals surface area contributed by atoms with Crippen LogP contribution < -0.4 is 10.9 Å². The normalized spacial score (nSPS) is 18.2. The zero-order valence-corrected chi connectivity index (χ0v) is 11.3. The number of halogens is 3. The number of alkyl halides is 3. The number of aromatic nitrogens is 1. The smallest absolute Gasteiger partial charge is 0.381 e. The number of nitrogens with zero attached hydrogens (tertiary/aromatic N) is 2. The van der Waals surface area contributed by atoms with E-state index in [9.17, 15) is 18.0 Å². The van der Waals surface area contributed by atoms with E-state index in [4.69, 9.17) is 0 Å². The molecule has 0 spiro atoms. The van der Waals surface area contributed by atoms with Crippen molar-refractivity contribution in [2.24, 2.45) is 7.05 Å². The number of rotatable bonds is 3. The van der Waals surface area contributed by atoms with Crippen LogP contribution in [0.1, 0.15) is 12.8 Å². The van der Waals surface area contributed by atoms with Gasteiger partial charge in [0.05, 0.1) is 12.2 Å². The van der Waals surface area contributed by atoms with Crippen LogP contribution >= 0.6 is 0 Å². The van der Waals surface area contributed by atoms with Crippen molar-refractivity contribution in [2.75, 3.05) is 25.0 Å². The quantitative estimate of drug-likeness (QED) is 0.922. The van der Waals surface area contributed by atoms with Crippen molar-refractivity contribution in [1.29, 1.82) is 0 Å². The maximum Gasteiger partial charge on any atom is 0.401 e. The molecule has 2 rings (SSSR count). The zero-order valence-electron chi connectivity index (χ0n) is 11.3. The van der Waals surface area contributed by atoms with Crippen LogP contribution in [0, 0.1) is 0 Å². The Balaban J connectivity index is 1.85. The molecule has 0 aromatic carbocycles. The number of pyridine rings is 1. The molecule has 0 aliphatic carbocycles. The highest BCUT2D eigenvalue weighted by Crippen LogP contribution is 2.21. The van der Waals surface area contributed by atoms with Crippen LogP contribution in [0.15, 0.2) is 23.1 Å². The van der Waals surface area contributed by atoms with Gasteiger partial charge in [0.2, 0.25) is 5.56 Å². The van der Waals surface area contributed by atoms with Gasteiger partial charge in [-0.15, -0.1) is 0 Å². The Bertz CT molecular complexity index is 504. The Morgan fingerprint density at radius 1 is 1.30 bits per heavy atom. The molecule has 4 nitrogen and oxygen atoms in total. The van der Waals surface area contributed by atoms with E-state index < -0.39 is 12.7 Å². The van der Waals surface area contributed by atoms with Crippen molar-refractivity contribution in [3.63, 3.8) is 0 Å². The molecule has 1 aliphatic rings. The summed E-state index contributed by atoms with van der Waals surface area (Å²) < 4.78 is 38.3. The second-order valence-electron chi connectivity index (χ2n) is 5.18. The molecule has 1 saturated heterocycles. The molecule has 1 aliphatic heterocycles. The molecule has 7 heteroatoms. The van der Waals surface area contributed by atoms with E-state index in [0.717, 1.165) is 5.69 Å². The second-order valence-corrected chi connectivity index (χ2v) is 5.18. The minimum atomic E-state index is -4.13. The lowest BCUT2D eigenvalue weighted by atomic mass is 10.0. The van der Waals surface area contributed by atoms with Crippen LogP contribution in [0.25, 0.3) is 0 Å². The van der Waals surface area contributed by atoms with Crippen LogP contribution in [-0.4, -0.2) is 41.3 Å². The number of piperidine rings is 1. The summed E-state index contributed by atoms with van der Waals surface area (Å²) in [5.41, 5.74) is 0.733. The Kier molecular flexibility index (Phi) is 4.37. The minimum Gasteiger partial charge on any atom is -0.381 e. The predicted octanol–water partition coefficient (Wildman–Crippen LogP) is 1.82. The summed E-state index contributed by atoms with van der Waals surface area (Å²) in [7, 11) is 1.67. The van der Waals surface area contributed by atoms with Gasteiger partial charge in [-0.2, -0.15) is 13.2 Å². The average Bonchev–Trinajstić information content (AvgIpc) is 2.35. The third kappa shape index (κ3) is 4.26. The first-order chi connectivity index (χ1) is 9.33. The molecule has 112 valence electrons. The molecule has 20 heavy (non-hydrogen) atoms. The van der Waals surface area contributed by atoms with Crippen LogP contribution in [0.5, 0.6) is 0 Å². The average molecular weight is 289 g/mol. The number of anilines is 1. The molecule has 1 N–H and O–H groups in total. The minimum absolute atomic E-state index is 0.0875. The van der Waals surface area contributed by atoms with Gasteiger partial charge in [0.15, 0.2) is 0 Å². The number of hydrogen-bond donors (Lipinski definition) is 1. The summed E-state index contributed by atoms with van der Waals surface area (Å²) in [6, 6.07) is 3.32. The summed E-state index contributed by atoms with van der Waals surface area (Å²) in [5.74, 6) is 0. The fourth-order valence-electron chi connectivity index (χ4n) is 2.40. The molecule has 1 aromatic rings. The first-order valence-electron chi connectivity index (χ1n) is 6.56. The summed E-state index contributed by atoms with van der Waals surface area (Å²) in [6.07, 6.45) is -1.10. The van der Waals surface area contributed by atoms with Gasteiger partial charge in [0.25, 0.3) is 0 Å². The van der Waals surface area contributed by atoms with E-state index >= 15 is 0 Å². The van der Waals surface area contributed by atoms with E-state index in [1.165, 1.54) is 15.5 Å². The molecule has 1 aromatic heterocycles. The van der Waals surface area contributed by atoms with Gasteiger partial charge >= 0.3 is 6.18 Å². The SMILES string of the molecule is Cn1cc(NC2CCN(CC(F)(F)F)CC2)ccc1=O. The second kappa shape index (κ2) is 5.87. The van der Waals surface area contributed by atoms with E-state index in [-0.39, 0.29) is 11.6 Å². The van der Waals surface area contributed by atoms with Crippen LogP contribution in [0.3, 0.4) is 0 Å². The van der Waals surface area contributed by atoms with Crippen LogP contribution in [-0.2, 0) is 7.05 Å². The standard InChI is InChI=1S/C13H18F3N3O/c1-18-8-11(2-3-12(18)20)17-10-4-6-19(7-5-10)9-13(14,15)16/h2-3,8,10,17H,4-7,9H2,1H3. The third-order valence-electron chi connectivity index (χ3n) is 3.45. The Hall–Kier alpha value is -1.50. The summed E-state index contributed by atoms with van der Waals surface area (Å²) in [5, 5.41) is 3.26. The fraction of sp³-hybridized carbons (Fsp3) is 0.615. The highest BCUT2D eigenvalue weighted by atomic mass is 19.4. The lowest BCUT2D eigenvalue weighted by Crippen LogP contribution is -2.43. The molecule has 0 saturated carbocycles. The molecule has 0 atom stereocenters. The van der Waals surface area contributed by atoms with Crippen LogP contribution in [0.2, 0.25) is 0 Å². The number of aryl methyl sites for hydroxylation is 1. The monoisotopic (exact) mass is 289 g/mol. The molecule has 0 amide bonds. The van der Waals surface area contributed by atoms with Gasteiger partial charge in [-0.25, -0.2) is 0 Å². The van der Waals surface area contributed by atoms with Gasteiger partial charge in [0, 0.05) is 38.4 Å². The van der Waals surface area contributed by atoms with E-state index in [0.29, 0.717) is 25.9 Å². The van der Waals surface area contributed by atoms with E-state index in [1.807, 2.05) is 0 Å². The van der Waals surface area contributed by atoms with Gasteiger partial charge in [-0.3, -0.25) is 9.69 Å². The first-order valence-corrected chi connectivity index (χ1v) is 6.56. The van der Waals surface area contributed by atoms with Crippen molar-refractivity contribution >= 4 is 5.69 Å². The Morgan fingerprint density at radius 2 is 1.95 bits per heavy atom. The van der Waals surface area contributed by atoms with Gasteiger partial charge in [-0.1, -0.05) is 0 Å². The molecular formula is C13H18F3N3O. The maximum atomic E-state index is 12.3. The molecular weight excluding hydrogens is 271 g/mol. The van der Waals surface area contributed by atoms with Gasteiger partial charge in [0.1, 0.15) is 0 Å². The maximum absolute atomic E-state index is 12.3. The number of likely N-dealkylation sites (tertiary alicyclic amines) is 1. The van der Waals surface area contributed by atoms with E-state index in [2.05, 4.69) is 5.32 Å². The highest BCUT2D eigenvalue weighted by molar-refractivity contribution is 5.41. The third-order valence-corrected chi connectivity index (χ3v) is 3.45. The Morgan fingerprint density at radius 3 is 2.50 bits per heavy atom. The Labute approximate surface area is 115 Å². The number of hydrogen-bond acceptors (Lipinski definition) is 3. The zero-order chi connectivity index (χ0) is 14.8. The summed E-state index contributed by atoms with van der Waals surface area (Å²) >= 11 is 0. The van der Waals surface area contributed by atoms with Crippen LogP contribution in [0.4, 0.5) is 18.9 Å². The first kappa shape index (κ1) is 14.9. The topological polar surface area (TPSA) is 37.3 Å². The molecule has 1 fully saturated rings. The fourth-order valence-corrected chi connectivity index (χ4v) is 2.40. The highest BCUT2D eigenvalue weighted by Gasteiger charge is 2.32. The van der Waals surface area contributed by atoms with Crippen molar-refractivity contribution in [2.45, 2.75) is 25.1 Å². The van der Waals surface area contributed by atoms with Gasteiger partial charge in [-0.05, 0) is 18.9 Å². The van der Waals surface area contributed by atoms with Gasteiger partial charge < -0.3 is 9.88 Å². The largest absolute Gasteiger partial charge is 0.401 e. The predicted molar refractivity (Wildman–Crippen MR) is 70.8 cm³/mol. The molecule has 0 radical (unpaired) electrons. The lowest BCUT2D eigenvalue weighted by Gasteiger charge is -2.33. The van der Waals surface area contributed by atoms with E-state index in [1.54, 1.807) is 19.3 Å². The van der Waals surface area contributed by atoms with Crippen molar-refractivity contribution in [1.82, 2.24) is 9.47 Å². The van der Waals surface area contributed by atoms with Crippen molar-refractivity contribution in [3.05, 3.63) is 28.7 Å². The summed E-state index contributed by atoms with van der Waals surface area (Å²) in [6.45, 7) is 0.0332. The van der Waals surface area contributed by atoms with Crippen molar-refractivity contribution in [3.8, 4) is 0 Å². The molecule has 2 heterocycles. The summed E-state index contributed by atoms with van der Waals surface area (Å²) in [4.78, 5) is 12.7. The number of nitrogens with one attached hydrogen (secondary N) is 1. The molecule has 0 unspecified atom stereocenters.